The Balaban J connectivity index is 1.46. The molecule has 0 radical (unpaired) electrons. The van der Waals surface area contributed by atoms with E-state index in [0.29, 0.717) is 19.3 Å². The zero-order valence-electron chi connectivity index (χ0n) is 28.8. The third-order valence-corrected chi connectivity index (χ3v) is 13.8. The summed E-state index contributed by atoms with van der Waals surface area (Å²) < 4.78 is 11.9. The zero-order valence-corrected chi connectivity index (χ0v) is 28.8. The number of aliphatic hydroxyl groups excluding tert-OH is 6. The predicted octanol–water partition coefficient (Wildman–Crippen LogP) is 2.39. The van der Waals surface area contributed by atoms with Gasteiger partial charge in [-0.15, -0.1) is 0 Å². The van der Waals surface area contributed by atoms with Crippen molar-refractivity contribution in [3.05, 3.63) is 23.3 Å². The van der Waals surface area contributed by atoms with Crippen molar-refractivity contribution in [2.75, 3.05) is 6.61 Å². The van der Waals surface area contributed by atoms with Gasteiger partial charge in [-0.25, -0.2) is 0 Å². The molecule has 0 bridgehead atoms. The molecule has 0 amide bonds. The standard InChI is InChI=1S/C36H58O10/c1-18(2)9-12-25(39)36(8,44)29-21(38)16-35(7)24-11-10-19-20(33(24,5)13-14-34(29,35)6)15-22(30(43)32(19,3)4)45-31-28(42)27(41)26(40)23(17-37)46-31/h9-10,20-24,26-31,37-38,40-44H,11-17H2,1-8H3. The molecule has 1 aliphatic heterocycles. The first-order valence-electron chi connectivity index (χ1n) is 17.1. The normalized spacial score (nSPS) is 49.5. The van der Waals surface area contributed by atoms with Gasteiger partial charge in [0.2, 0.25) is 0 Å². The molecule has 0 aromatic rings. The number of carbonyl (C=O) groups is 1. The lowest BCUT2D eigenvalue weighted by Crippen LogP contribution is -2.64. The molecule has 5 aliphatic rings. The topological polar surface area (TPSA) is 177 Å². The third-order valence-electron chi connectivity index (χ3n) is 13.8. The van der Waals surface area contributed by atoms with Crippen LogP contribution in [-0.4, -0.2) is 103 Å². The molecule has 1 saturated heterocycles. The second kappa shape index (κ2) is 12.0. The third kappa shape index (κ3) is 5.21. The fourth-order valence-corrected chi connectivity index (χ4v) is 10.9. The van der Waals surface area contributed by atoms with Crippen LogP contribution < -0.4 is 0 Å². The Bertz CT molecular complexity index is 1240. The second-order valence-corrected chi connectivity index (χ2v) is 16.9. The summed E-state index contributed by atoms with van der Waals surface area (Å²) >= 11 is 0. The Morgan fingerprint density at radius 3 is 2.28 bits per heavy atom. The number of ether oxygens (including phenoxy) is 2. The number of ketones is 1. The van der Waals surface area contributed by atoms with E-state index in [4.69, 9.17) is 9.47 Å². The van der Waals surface area contributed by atoms with Crippen molar-refractivity contribution >= 4 is 5.78 Å². The fraction of sp³-hybridized carbons (Fsp3) is 0.861. The molecule has 4 aliphatic carbocycles. The number of aliphatic hydroxyl groups is 7. The summed E-state index contributed by atoms with van der Waals surface area (Å²) in [5, 5.41) is 76.2. The lowest BCUT2D eigenvalue weighted by atomic mass is 9.38. The fourth-order valence-electron chi connectivity index (χ4n) is 10.9. The molecule has 262 valence electrons. The summed E-state index contributed by atoms with van der Waals surface area (Å²) in [4.78, 5) is 13.4. The van der Waals surface area contributed by atoms with Gasteiger partial charge in [0.25, 0.3) is 0 Å². The maximum Gasteiger partial charge on any atom is 0.187 e. The number of fused-ring (bicyclic) bond motifs is 5. The molecule has 1 heterocycles. The molecule has 0 spiro atoms. The van der Waals surface area contributed by atoms with Gasteiger partial charge in [-0.2, -0.15) is 0 Å². The predicted molar refractivity (Wildman–Crippen MR) is 170 cm³/mol. The number of rotatable bonds is 7. The smallest absolute Gasteiger partial charge is 0.187 e. The van der Waals surface area contributed by atoms with Gasteiger partial charge in [0.15, 0.2) is 12.1 Å². The molecule has 15 unspecified atom stereocenters. The van der Waals surface area contributed by atoms with Crippen molar-refractivity contribution in [3.63, 3.8) is 0 Å². The van der Waals surface area contributed by atoms with Gasteiger partial charge in [0.1, 0.15) is 30.0 Å². The summed E-state index contributed by atoms with van der Waals surface area (Å²) in [6.45, 7) is 15.5. The van der Waals surface area contributed by atoms with Gasteiger partial charge in [-0.1, -0.05) is 57.9 Å². The average Bonchev–Trinajstić information content (AvgIpc) is 3.19. The summed E-state index contributed by atoms with van der Waals surface area (Å²) in [5.74, 6) is -0.810. The van der Waals surface area contributed by atoms with Gasteiger partial charge >= 0.3 is 0 Å². The quantitative estimate of drug-likeness (QED) is 0.203. The minimum atomic E-state index is -1.69. The summed E-state index contributed by atoms with van der Waals surface area (Å²) in [6.07, 6.45) is -2.38. The summed E-state index contributed by atoms with van der Waals surface area (Å²) in [6, 6.07) is 0. The van der Waals surface area contributed by atoms with Crippen LogP contribution in [0.5, 0.6) is 0 Å². The van der Waals surface area contributed by atoms with Crippen molar-refractivity contribution in [2.24, 2.45) is 39.4 Å². The highest BCUT2D eigenvalue weighted by Crippen LogP contribution is 2.75. The molecule has 3 saturated carbocycles. The van der Waals surface area contributed by atoms with Crippen LogP contribution in [0.2, 0.25) is 0 Å². The largest absolute Gasteiger partial charge is 0.394 e. The highest BCUT2D eigenvalue weighted by Gasteiger charge is 2.72. The van der Waals surface area contributed by atoms with Gasteiger partial charge in [-0.05, 0) is 81.0 Å². The summed E-state index contributed by atoms with van der Waals surface area (Å²) in [5.41, 5.74) is -1.40. The first kappa shape index (κ1) is 36.1. The Morgan fingerprint density at radius 2 is 1.67 bits per heavy atom. The Hall–Kier alpha value is -1.21. The monoisotopic (exact) mass is 650 g/mol. The van der Waals surface area contributed by atoms with Crippen LogP contribution in [0.3, 0.4) is 0 Å². The minimum Gasteiger partial charge on any atom is -0.394 e. The van der Waals surface area contributed by atoms with E-state index in [0.717, 1.165) is 24.0 Å². The van der Waals surface area contributed by atoms with Crippen molar-refractivity contribution < 1.29 is 50.0 Å². The molecular formula is C36H58O10. The number of hydrogen-bond donors (Lipinski definition) is 7. The molecule has 4 fully saturated rings. The maximum absolute atomic E-state index is 13.4. The van der Waals surface area contributed by atoms with Crippen LogP contribution in [0.4, 0.5) is 0 Å². The highest BCUT2D eigenvalue weighted by atomic mass is 16.7. The highest BCUT2D eigenvalue weighted by molar-refractivity contribution is 5.88. The van der Waals surface area contributed by atoms with Crippen molar-refractivity contribution in [3.8, 4) is 0 Å². The van der Waals surface area contributed by atoms with E-state index in [1.807, 2.05) is 33.8 Å². The molecule has 0 aromatic carbocycles. The number of allylic oxidation sites excluding steroid dienone is 3. The van der Waals surface area contributed by atoms with Gasteiger partial charge in [0, 0.05) is 17.8 Å². The van der Waals surface area contributed by atoms with E-state index in [1.54, 1.807) is 6.92 Å². The van der Waals surface area contributed by atoms with Crippen LogP contribution >= 0.6 is 0 Å². The van der Waals surface area contributed by atoms with Crippen LogP contribution in [0.15, 0.2) is 23.3 Å². The number of hydrogen-bond acceptors (Lipinski definition) is 10. The number of Topliss-reactive ketones (excluding diaryl/α,β-unsaturated/α-hetero) is 1. The van der Waals surface area contributed by atoms with E-state index < -0.39 is 83.4 Å². The molecule has 5 rings (SSSR count). The molecule has 10 heteroatoms. The van der Waals surface area contributed by atoms with Crippen LogP contribution in [0.25, 0.3) is 0 Å². The van der Waals surface area contributed by atoms with E-state index in [2.05, 4.69) is 26.8 Å². The van der Waals surface area contributed by atoms with E-state index in [1.165, 1.54) is 0 Å². The molecule has 15 atom stereocenters. The van der Waals surface area contributed by atoms with Crippen molar-refractivity contribution in [1.29, 1.82) is 0 Å². The van der Waals surface area contributed by atoms with Crippen LogP contribution in [0, 0.1) is 39.4 Å². The van der Waals surface area contributed by atoms with E-state index >= 15 is 0 Å². The minimum absolute atomic E-state index is 0.0167. The van der Waals surface area contributed by atoms with Crippen LogP contribution in [0.1, 0.15) is 93.9 Å². The Morgan fingerprint density at radius 1 is 1.02 bits per heavy atom. The molecular weight excluding hydrogens is 592 g/mol. The van der Waals surface area contributed by atoms with E-state index in [-0.39, 0.29) is 29.5 Å². The lowest BCUT2D eigenvalue weighted by molar-refractivity contribution is -0.324. The van der Waals surface area contributed by atoms with Crippen molar-refractivity contribution in [1.82, 2.24) is 0 Å². The van der Waals surface area contributed by atoms with Gasteiger partial charge in [0.05, 0.1) is 24.9 Å². The van der Waals surface area contributed by atoms with Crippen LogP contribution in [-0.2, 0) is 14.3 Å². The molecule has 10 nitrogen and oxygen atoms in total. The first-order valence-corrected chi connectivity index (χ1v) is 17.1. The van der Waals surface area contributed by atoms with Gasteiger partial charge in [-0.3, -0.25) is 4.79 Å². The SMILES string of the molecule is CC(C)=CCC(=O)C(C)(O)C1C(O)CC2(C)C3CC=C4C(CC(OC5OC(CO)C(O)C(O)C5O)C(O)C4(C)C)C3(C)CCC12C. The van der Waals surface area contributed by atoms with Gasteiger partial charge < -0.3 is 45.2 Å². The molecule has 7 N–H and O–H groups in total. The molecule has 46 heavy (non-hydrogen) atoms. The average molecular weight is 651 g/mol. The Labute approximate surface area is 273 Å². The number of carbonyl (C=O) groups excluding carboxylic acids is 1. The second-order valence-electron chi connectivity index (χ2n) is 16.9. The van der Waals surface area contributed by atoms with E-state index in [9.17, 15) is 40.5 Å². The summed E-state index contributed by atoms with van der Waals surface area (Å²) in [7, 11) is 0. The molecule has 0 aromatic heterocycles. The maximum atomic E-state index is 13.4. The lowest BCUT2D eigenvalue weighted by Gasteiger charge is -2.66. The van der Waals surface area contributed by atoms with Crippen molar-refractivity contribution in [2.45, 2.75) is 149 Å². The zero-order chi connectivity index (χ0) is 34.4. The Kier molecular flexibility index (Phi) is 9.40. The first-order chi connectivity index (χ1) is 21.2.